The Morgan fingerprint density at radius 1 is 1.10 bits per heavy atom. The van der Waals surface area contributed by atoms with E-state index in [1.165, 1.54) is 12.1 Å². The zero-order chi connectivity index (χ0) is 22.7. The summed E-state index contributed by atoms with van der Waals surface area (Å²) in [5, 5.41) is 2.46. The van der Waals surface area contributed by atoms with Crippen LogP contribution in [0.2, 0.25) is 0 Å². The van der Waals surface area contributed by atoms with Gasteiger partial charge in [0.1, 0.15) is 11.6 Å². The van der Waals surface area contributed by atoms with Gasteiger partial charge in [-0.1, -0.05) is 39.0 Å². The molecule has 0 unspecified atom stereocenters. The lowest BCUT2D eigenvalue weighted by Gasteiger charge is -2.22. The van der Waals surface area contributed by atoms with Gasteiger partial charge in [0.25, 0.3) is 5.91 Å². The van der Waals surface area contributed by atoms with Crippen molar-refractivity contribution < 1.29 is 22.3 Å². The van der Waals surface area contributed by atoms with Gasteiger partial charge in [-0.3, -0.25) is 9.52 Å². The molecule has 0 aliphatic carbocycles. The first-order chi connectivity index (χ1) is 13.7. The normalized spacial score (nSPS) is 12.4. The highest BCUT2D eigenvalue weighted by atomic mass is 35.5. The van der Waals surface area contributed by atoms with Crippen LogP contribution in [-0.4, -0.2) is 25.1 Å². The quantitative estimate of drug-likeness (QED) is 0.582. The Bertz CT molecular complexity index is 1020. The van der Waals surface area contributed by atoms with Crippen molar-refractivity contribution in [1.82, 2.24) is 5.32 Å². The van der Waals surface area contributed by atoms with Gasteiger partial charge in [-0.2, -0.15) is 0 Å². The Balaban J connectivity index is 2.00. The molecule has 30 heavy (non-hydrogen) atoms. The van der Waals surface area contributed by atoms with Gasteiger partial charge < -0.3 is 10.1 Å². The van der Waals surface area contributed by atoms with Crippen LogP contribution in [0.15, 0.2) is 42.5 Å². The van der Waals surface area contributed by atoms with Crippen molar-refractivity contribution in [1.29, 1.82) is 0 Å². The molecule has 0 aliphatic rings. The Morgan fingerprint density at radius 3 is 2.20 bits per heavy atom. The van der Waals surface area contributed by atoms with Gasteiger partial charge >= 0.3 is 4.52 Å². The standard InChI is InChI=1S/C20H23Cl2FN2O4S/c1-19(2,3)14-6-8-15(9-7-14)29-20(21,22)18(26)24-12-13-5-10-17(16(23)11-13)25-30(4,27)28/h5-11,25H,12H2,1-4H3,(H,24,26). The zero-order valence-electron chi connectivity index (χ0n) is 16.9. The molecule has 2 N–H and O–H groups in total. The molecule has 0 radical (unpaired) electrons. The van der Waals surface area contributed by atoms with Crippen molar-refractivity contribution in [2.45, 2.75) is 37.3 Å². The highest BCUT2D eigenvalue weighted by molar-refractivity contribution is 7.92. The summed E-state index contributed by atoms with van der Waals surface area (Å²) < 4.78 is 41.7. The van der Waals surface area contributed by atoms with Gasteiger partial charge in [-0.25, -0.2) is 12.8 Å². The summed E-state index contributed by atoms with van der Waals surface area (Å²) in [6.45, 7) is 6.10. The van der Waals surface area contributed by atoms with E-state index >= 15 is 0 Å². The van der Waals surface area contributed by atoms with Crippen LogP contribution in [0.5, 0.6) is 5.75 Å². The fourth-order valence-electron chi connectivity index (χ4n) is 2.45. The molecule has 0 spiro atoms. The Hall–Kier alpha value is -2.03. The Morgan fingerprint density at radius 2 is 1.70 bits per heavy atom. The molecule has 1 amide bonds. The fourth-order valence-corrected chi connectivity index (χ4v) is 3.33. The van der Waals surface area contributed by atoms with E-state index in [2.05, 4.69) is 30.8 Å². The maximum atomic E-state index is 14.0. The van der Waals surface area contributed by atoms with Crippen molar-refractivity contribution >= 4 is 44.8 Å². The Kier molecular flexibility index (Phi) is 7.27. The van der Waals surface area contributed by atoms with Crippen LogP contribution in [-0.2, 0) is 26.8 Å². The van der Waals surface area contributed by atoms with Gasteiger partial charge in [-0.15, -0.1) is 0 Å². The summed E-state index contributed by atoms with van der Waals surface area (Å²) in [7, 11) is -3.61. The maximum Gasteiger partial charge on any atom is 0.338 e. The summed E-state index contributed by atoms with van der Waals surface area (Å²) in [5.74, 6) is -1.31. The monoisotopic (exact) mass is 476 g/mol. The van der Waals surface area contributed by atoms with Gasteiger partial charge in [0.05, 0.1) is 11.9 Å². The van der Waals surface area contributed by atoms with Crippen LogP contribution in [0, 0.1) is 5.82 Å². The van der Waals surface area contributed by atoms with E-state index in [1.807, 2.05) is 12.1 Å². The molecular formula is C20H23Cl2FN2O4S. The topological polar surface area (TPSA) is 84.5 Å². The van der Waals surface area contributed by atoms with Gasteiger partial charge in [0.15, 0.2) is 0 Å². The summed E-state index contributed by atoms with van der Waals surface area (Å²) in [5.41, 5.74) is 1.21. The van der Waals surface area contributed by atoms with E-state index in [4.69, 9.17) is 27.9 Å². The summed E-state index contributed by atoms with van der Waals surface area (Å²) in [6, 6.07) is 10.8. The van der Waals surface area contributed by atoms with Crippen molar-refractivity contribution in [2.24, 2.45) is 0 Å². The fraction of sp³-hybridized carbons (Fsp3) is 0.350. The van der Waals surface area contributed by atoms with Gasteiger partial charge in [0.2, 0.25) is 10.0 Å². The molecule has 0 heterocycles. The van der Waals surface area contributed by atoms with Crippen molar-refractivity contribution in [2.75, 3.05) is 11.0 Å². The molecule has 10 heteroatoms. The second-order valence-electron chi connectivity index (χ2n) is 7.76. The maximum absolute atomic E-state index is 14.0. The number of ether oxygens (including phenoxy) is 1. The number of hydrogen-bond acceptors (Lipinski definition) is 4. The smallest absolute Gasteiger partial charge is 0.338 e. The molecule has 2 rings (SSSR count). The number of amides is 1. The predicted molar refractivity (Wildman–Crippen MR) is 117 cm³/mol. The van der Waals surface area contributed by atoms with Gasteiger partial charge in [0, 0.05) is 6.54 Å². The molecule has 0 aromatic heterocycles. The molecule has 2 aromatic rings. The molecule has 0 saturated carbocycles. The molecule has 164 valence electrons. The molecule has 0 bridgehead atoms. The zero-order valence-corrected chi connectivity index (χ0v) is 19.3. The summed E-state index contributed by atoms with van der Waals surface area (Å²) in [4.78, 5) is 12.3. The first kappa shape index (κ1) is 24.2. The number of benzene rings is 2. The third kappa shape index (κ3) is 7.04. The molecular weight excluding hydrogens is 454 g/mol. The third-order valence-electron chi connectivity index (χ3n) is 4.01. The highest BCUT2D eigenvalue weighted by Gasteiger charge is 2.36. The number of anilines is 1. The summed E-state index contributed by atoms with van der Waals surface area (Å²) in [6.07, 6.45) is 0.914. The number of rotatable bonds is 7. The van der Waals surface area contributed by atoms with E-state index < -0.39 is 26.3 Å². The van der Waals surface area contributed by atoms with Crippen LogP contribution in [0.1, 0.15) is 31.9 Å². The largest absolute Gasteiger partial charge is 0.450 e. The van der Waals surface area contributed by atoms with E-state index in [0.717, 1.165) is 17.9 Å². The number of carbonyl (C=O) groups is 1. The van der Waals surface area contributed by atoms with Crippen molar-refractivity contribution in [3.05, 3.63) is 59.4 Å². The SMILES string of the molecule is CC(C)(C)c1ccc(OC(Cl)(Cl)C(=O)NCc2ccc(NS(C)(=O)=O)c(F)c2)cc1. The van der Waals surface area contributed by atoms with Crippen LogP contribution in [0.25, 0.3) is 0 Å². The van der Waals surface area contributed by atoms with Gasteiger partial charge in [-0.05, 0) is 64.0 Å². The Labute approximate surface area is 185 Å². The minimum absolute atomic E-state index is 0.0451. The van der Waals surface area contributed by atoms with Crippen LogP contribution >= 0.6 is 23.2 Å². The highest BCUT2D eigenvalue weighted by Crippen LogP contribution is 2.29. The number of sulfonamides is 1. The number of carbonyl (C=O) groups excluding carboxylic acids is 1. The van der Waals surface area contributed by atoms with Crippen LogP contribution < -0.4 is 14.8 Å². The van der Waals surface area contributed by atoms with E-state index in [0.29, 0.717) is 11.3 Å². The molecule has 0 atom stereocenters. The second kappa shape index (κ2) is 8.99. The molecule has 0 saturated heterocycles. The second-order valence-corrected chi connectivity index (χ2v) is 10.8. The molecule has 0 aliphatic heterocycles. The first-order valence-electron chi connectivity index (χ1n) is 8.89. The van der Waals surface area contributed by atoms with Crippen molar-refractivity contribution in [3.8, 4) is 5.75 Å². The number of hydrogen-bond donors (Lipinski definition) is 2. The molecule has 2 aromatic carbocycles. The van der Waals surface area contributed by atoms with E-state index in [-0.39, 0.29) is 17.6 Å². The average Bonchev–Trinajstić information content (AvgIpc) is 2.60. The van der Waals surface area contributed by atoms with E-state index in [9.17, 15) is 17.6 Å². The first-order valence-corrected chi connectivity index (χ1v) is 11.5. The minimum atomic E-state index is -3.61. The number of alkyl halides is 2. The lowest BCUT2D eigenvalue weighted by atomic mass is 9.87. The molecule has 6 nitrogen and oxygen atoms in total. The van der Waals surface area contributed by atoms with Crippen LogP contribution in [0.4, 0.5) is 10.1 Å². The summed E-state index contributed by atoms with van der Waals surface area (Å²) >= 11 is 12.1. The van der Waals surface area contributed by atoms with E-state index in [1.54, 1.807) is 12.1 Å². The minimum Gasteiger partial charge on any atom is -0.450 e. The number of nitrogens with one attached hydrogen (secondary N) is 2. The number of halogens is 3. The molecule has 0 fully saturated rings. The lowest BCUT2D eigenvalue weighted by Crippen LogP contribution is -2.42. The third-order valence-corrected chi connectivity index (χ3v) is 5.10. The van der Waals surface area contributed by atoms with Crippen LogP contribution in [0.3, 0.4) is 0 Å². The average molecular weight is 477 g/mol. The predicted octanol–water partition coefficient (Wildman–Crippen LogP) is 4.32. The van der Waals surface area contributed by atoms with Crippen molar-refractivity contribution in [3.63, 3.8) is 0 Å². The lowest BCUT2D eigenvalue weighted by molar-refractivity contribution is -0.126.